The Morgan fingerprint density at radius 2 is 1.96 bits per heavy atom. The average molecular weight is 330 g/mol. The van der Waals surface area contributed by atoms with Crippen molar-refractivity contribution in [1.29, 1.82) is 0 Å². The number of benzene rings is 2. The smallest absolute Gasteiger partial charge is 0.315 e. The molecule has 122 valence electrons. The highest BCUT2D eigenvalue weighted by molar-refractivity contribution is 7.98. The summed E-state index contributed by atoms with van der Waals surface area (Å²) in [6.45, 7) is 2.36. The second-order valence-corrected chi connectivity index (χ2v) is 6.14. The fourth-order valence-corrected chi connectivity index (χ4v) is 3.01. The third kappa shape index (κ3) is 5.01. The van der Waals surface area contributed by atoms with Gasteiger partial charge in [0.2, 0.25) is 0 Å². The molecule has 3 N–H and O–H groups in total. The number of aryl methyl sites for hydroxylation is 1. The van der Waals surface area contributed by atoms with E-state index >= 15 is 0 Å². The second kappa shape index (κ2) is 8.60. The molecule has 5 heteroatoms. The molecule has 0 bridgehead atoms. The van der Waals surface area contributed by atoms with Gasteiger partial charge in [-0.25, -0.2) is 4.79 Å². The van der Waals surface area contributed by atoms with E-state index in [-0.39, 0.29) is 12.6 Å². The second-order valence-electron chi connectivity index (χ2n) is 5.29. The Labute approximate surface area is 141 Å². The van der Waals surface area contributed by atoms with E-state index < -0.39 is 6.04 Å². The number of aliphatic hydroxyl groups is 1. The topological polar surface area (TPSA) is 61.4 Å². The zero-order valence-electron chi connectivity index (χ0n) is 13.4. The summed E-state index contributed by atoms with van der Waals surface area (Å²) in [7, 11) is 0. The van der Waals surface area contributed by atoms with Crippen LogP contribution in [0.5, 0.6) is 0 Å². The summed E-state index contributed by atoms with van der Waals surface area (Å²) in [6, 6.07) is 14.9. The van der Waals surface area contributed by atoms with Gasteiger partial charge in [0.1, 0.15) is 0 Å². The zero-order valence-corrected chi connectivity index (χ0v) is 14.2. The van der Waals surface area contributed by atoms with Crippen molar-refractivity contribution >= 4 is 17.8 Å². The normalized spacial score (nSPS) is 11.8. The van der Waals surface area contributed by atoms with Crippen molar-refractivity contribution < 1.29 is 9.90 Å². The van der Waals surface area contributed by atoms with Crippen LogP contribution in [-0.4, -0.2) is 24.0 Å². The summed E-state index contributed by atoms with van der Waals surface area (Å²) < 4.78 is 0. The van der Waals surface area contributed by atoms with Crippen molar-refractivity contribution in [1.82, 2.24) is 10.6 Å². The molecular weight excluding hydrogens is 308 g/mol. The predicted octanol–water partition coefficient (Wildman–Crippen LogP) is 3.25. The molecule has 1 atom stereocenters. The van der Waals surface area contributed by atoms with Crippen LogP contribution in [0.3, 0.4) is 0 Å². The number of aliphatic hydroxyl groups excluding tert-OH is 1. The van der Waals surface area contributed by atoms with Crippen LogP contribution in [0.1, 0.15) is 22.7 Å². The Hall–Kier alpha value is -1.98. The Morgan fingerprint density at radius 1 is 1.22 bits per heavy atom. The first kappa shape index (κ1) is 17.4. The number of urea groups is 1. The molecule has 0 radical (unpaired) electrons. The minimum atomic E-state index is -0.408. The number of rotatable bonds is 6. The molecule has 0 aliphatic heterocycles. The Balaban J connectivity index is 1.94. The van der Waals surface area contributed by atoms with Crippen LogP contribution in [0.2, 0.25) is 0 Å². The van der Waals surface area contributed by atoms with Crippen LogP contribution >= 0.6 is 11.8 Å². The van der Waals surface area contributed by atoms with E-state index in [9.17, 15) is 9.90 Å². The lowest BCUT2D eigenvalue weighted by Crippen LogP contribution is -2.38. The van der Waals surface area contributed by atoms with Gasteiger partial charge in [-0.2, -0.15) is 0 Å². The molecule has 0 aliphatic rings. The predicted molar refractivity (Wildman–Crippen MR) is 94.6 cm³/mol. The quantitative estimate of drug-likeness (QED) is 0.713. The maximum absolute atomic E-state index is 12.1. The first-order valence-corrected chi connectivity index (χ1v) is 8.70. The van der Waals surface area contributed by atoms with E-state index in [0.717, 1.165) is 16.0 Å². The summed E-state index contributed by atoms with van der Waals surface area (Å²) in [4.78, 5) is 13.2. The van der Waals surface area contributed by atoms with Gasteiger partial charge < -0.3 is 15.7 Å². The third-order valence-corrected chi connectivity index (χ3v) is 4.39. The van der Waals surface area contributed by atoms with E-state index in [1.807, 2.05) is 48.7 Å². The summed E-state index contributed by atoms with van der Waals surface area (Å²) in [5, 5.41) is 15.1. The number of carbonyl (C=O) groups is 1. The van der Waals surface area contributed by atoms with Crippen molar-refractivity contribution in [3.05, 3.63) is 65.2 Å². The Bertz CT molecular complexity index is 647. The fourth-order valence-electron chi connectivity index (χ4n) is 2.30. The summed E-state index contributed by atoms with van der Waals surface area (Å²) >= 11 is 1.66. The number of hydrogen-bond acceptors (Lipinski definition) is 3. The average Bonchev–Trinajstić information content (AvgIpc) is 2.59. The monoisotopic (exact) mass is 330 g/mol. The molecule has 2 amide bonds. The fraction of sp³-hybridized carbons (Fsp3) is 0.278. The molecule has 0 aliphatic carbocycles. The minimum Gasteiger partial charge on any atom is -0.394 e. The molecule has 0 saturated carbocycles. The molecule has 2 aromatic carbocycles. The van der Waals surface area contributed by atoms with Gasteiger partial charge in [-0.3, -0.25) is 0 Å². The molecule has 2 aromatic rings. The largest absolute Gasteiger partial charge is 0.394 e. The van der Waals surface area contributed by atoms with Crippen molar-refractivity contribution in [2.45, 2.75) is 24.4 Å². The standard InChI is InChI=1S/C18H22N2O2S/c1-13-8-9-15(17(10-13)23-2)11-19-18(22)20-16(12-21)14-6-4-3-5-7-14/h3-10,16,21H,11-12H2,1-2H3,(H2,19,20,22). The minimum absolute atomic E-state index is 0.141. The summed E-state index contributed by atoms with van der Waals surface area (Å²) in [5.41, 5.74) is 3.16. The molecule has 0 spiro atoms. The number of amides is 2. The first-order chi connectivity index (χ1) is 11.1. The maximum Gasteiger partial charge on any atom is 0.315 e. The molecule has 2 rings (SSSR count). The highest BCUT2D eigenvalue weighted by Crippen LogP contribution is 2.21. The SMILES string of the molecule is CSc1cc(C)ccc1CNC(=O)NC(CO)c1ccccc1. The van der Waals surface area contributed by atoms with Gasteiger partial charge in [-0.05, 0) is 35.9 Å². The van der Waals surface area contributed by atoms with Crippen molar-refractivity contribution in [3.8, 4) is 0 Å². The molecule has 1 unspecified atom stereocenters. The first-order valence-electron chi connectivity index (χ1n) is 7.47. The van der Waals surface area contributed by atoms with Gasteiger partial charge >= 0.3 is 6.03 Å². The molecule has 0 heterocycles. The van der Waals surface area contributed by atoms with Gasteiger partial charge in [-0.15, -0.1) is 11.8 Å². The number of hydrogen-bond donors (Lipinski definition) is 3. The highest BCUT2D eigenvalue weighted by Gasteiger charge is 2.13. The van der Waals surface area contributed by atoms with Crippen LogP contribution in [0.15, 0.2) is 53.4 Å². The van der Waals surface area contributed by atoms with E-state index in [0.29, 0.717) is 6.54 Å². The summed E-state index contributed by atoms with van der Waals surface area (Å²) in [5.74, 6) is 0. The van der Waals surface area contributed by atoms with Gasteiger partial charge in [0.15, 0.2) is 0 Å². The third-order valence-electron chi connectivity index (χ3n) is 3.57. The van der Waals surface area contributed by atoms with Crippen molar-refractivity contribution in [3.63, 3.8) is 0 Å². The lowest BCUT2D eigenvalue weighted by atomic mass is 10.1. The van der Waals surface area contributed by atoms with E-state index in [1.54, 1.807) is 11.8 Å². The highest BCUT2D eigenvalue weighted by atomic mass is 32.2. The van der Waals surface area contributed by atoms with Crippen LogP contribution in [0, 0.1) is 6.92 Å². The van der Waals surface area contributed by atoms with Crippen LogP contribution in [0.4, 0.5) is 4.79 Å². The molecule has 4 nitrogen and oxygen atoms in total. The van der Waals surface area contributed by atoms with Crippen molar-refractivity contribution in [2.24, 2.45) is 0 Å². The van der Waals surface area contributed by atoms with E-state index in [2.05, 4.69) is 23.6 Å². The number of carbonyl (C=O) groups excluding carboxylic acids is 1. The Kier molecular flexibility index (Phi) is 6.50. The van der Waals surface area contributed by atoms with E-state index in [4.69, 9.17) is 0 Å². The summed E-state index contributed by atoms with van der Waals surface area (Å²) in [6.07, 6.45) is 2.02. The van der Waals surface area contributed by atoms with Gasteiger partial charge in [0.25, 0.3) is 0 Å². The van der Waals surface area contributed by atoms with Crippen molar-refractivity contribution in [2.75, 3.05) is 12.9 Å². The zero-order chi connectivity index (χ0) is 16.7. The Morgan fingerprint density at radius 3 is 2.61 bits per heavy atom. The van der Waals surface area contributed by atoms with Crippen LogP contribution in [0.25, 0.3) is 0 Å². The van der Waals surface area contributed by atoms with Crippen LogP contribution in [-0.2, 0) is 6.54 Å². The van der Waals surface area contributed by atoms with Gasteiger partial charge in [-0.1, -0.05) is 42.5 Å². The number of nitrogens with one attached hydrogen (secondary N) is 2. The molecule has 0 aromatic heterocycles. The molecule has 23 heavy (non-hydrogen) atoms. The molecular formula is C18H22N2O2S. The van der Waals surface area contributed by atoms with Gasteiger partial charge in [0, 0.05) is 11.4 Å². The van der Waals surface area contributed by atoms with Crippen LogP contribution < -0.4 is 10.6 Å². The van der Waals surface area contributed by atoms with Gasteiger partial charge in [0.05, 0.1) is 12.6 Å². The lowest BCUT2D eigenvalue weighted by Gasteiger charge is -2.17. The maximum atomic E-state index is 12.1. The lowest BCUT2D eigenvalue weighted by molar-refractivity contribution is 0.216. The molecule has 0 fully saturated rings. The number of thioether (sulfide) groups is 1. The van der Waals surface area contributed by atoms with E-state index in [1.165, 1.54) is 5.56 Å². The molecule has 0 saturated heterocycles.